The van der Waals surface area contributed by atoms with E-state index in [9.17, 15) is 4.79 Å². The first-order chi connectivity index (χ1) is 12.3. The molecule has 1 amide bonds. The number of carbonyl (C=O) groups is 1. The van der Waals surface area contributed by atoms with Gasteiger partial charge in [0.15, 0.2) is 0 Å². The number of thiophene rings is 1. The van der Waals surface area contributed by atoms with E-state index in [2.05, 4.69) is 16.0 Å². The third kappa shape index (κ3) is 3.21. The Kier molecular flexibility index (Phi) is 4.83. The first kappa shape index (κ1) is 16.7. The van der Waals surface area contributed by atoms with Crippen LogP contribution in [0.4, 0.5) is 0 Å². The molecular formula is C19H23N3O2S. The number of carbonyl (C=O) groups excluding carboxylic acids is 1. The lowest BCUT2D eigenvalue weighted by Gasteiger charge is -2.52. The van der Waals surface area contributed by atoms with Crippen LogP contribution in [0.25, 0.3) is 0 Å². The maximum Gasteiger partial charge on any atom is 0.263 e. The molecule has 0 unspecified atom stereocenters. The maximum absolute atomic E-state index is 12.5. The summed E-state index contributed by atoms with van der Waals surface area (Å²) < 4.78 is 5.65. The van der Waals surface area contributed by atoms with Gasteiger partial charge in [-0.05, 0) is 35.9 Å². The summed E-state index contributed by atoms with van der Waals surface area (Å²) in [5.74, 6) is 0.177. The molecule has 0 aromatic carbocycles. The van der Waals surface area contributed by atoms with Gasteiger partial charge in [0, 0.05) is 45.2 Å². The minimum atomic E-state index is 0.177. The number of pyridine rings is 1. The number of hydrogen-bond donors (Lipinski definition) is 0. The van der Waals surface area contributed by atoms with Crippen LogP contribution in [0.5, 0.6) is 0 Å². The monoisotopic (exact) mass is 357 g/mol. The van der Waals surface area contributed by atoms with Gasteiger partial charge in [0.05, 0.1) is 17.0 Å². The zero-order valence-electron chi connectivity index (χ0n) is 14.4. The van der Waals surface area contributed by atoms with Crippen molar-refractivity contribution in [2.75, 3.05) is 26.7 Å². The summed E-state index contributed by atoms with van der Waals surface area (Å²) >= 11 is 1.52. The summed E-state index contributed by atoms with van der Waals surface area (Å²) in [6.07, 6.45) is 6.02. The van der Waals surface area contributed by atoms with E-state index in [1.54, 1.807) is 7.11 Å². The van der Waals surface area contributed by atoms with Crippen molar-refractivity contribution in [1.29, 1.82) is 0 Å². The van der Waals surface area contributed by atoms with Crippen molar-refractivity contribution in [3.8, 4) is 0 Å². The van der Waals surface area contributed by atoms with Gasteiger partial charge in [-0.2, -0.15) is 0 Å². The fraction of sp³-hybridized carbons (Fsp3) is 0.474. The summed E-state index contributed by atoms with van der Waals surface area (Å²) in [7, 11) is 1.79. The molecule has 0 radical (unpaired) electrons. The molecule has 0 spiro atoms. The highest BCUT2D eigenvalue weighted by molar-refractivity contribution is 7.12. The predicted molar refractivity (Wildman–Crippen MR) is 97.7 cm³/mol. The number of ether oxygens (including phenoxy) is 1. The highest BCUT2D eigenvalue weighted by Crippen LogP contribution is 2.39. The van der Waals surface area contributed by atoms with E-state index < -0.39 is 0 Å². The molecule has 0 aliphatic carbocycles. The number of nitrogens with zero attached hydrogens (tertiary/aromatic N) is 3. The van der Waals surface area contributed by atoms with Gasteiger partial charge < -0.3 is 9.64 Å². The molecule has 6 heteroatoms. The number of amides is 1. The lowest BCUT2D eigenvalue weighted by Crippen LogP contribution is -2.60. The minimum Gasteiger partial charge on any atom is -0.378 e. The number of piperidine rings is 1. The first-order valence-corrected chi connectivity index (χ1v) is 9.67. The van der Waals surface area contributed by atoms with E-state index in [1.165, 1.54) is 16.9 Å². The Morgan fingerprint density at radius 1 is 1.28 bits per heavy atom. The van der Waals surface area contributed by atoms with Gasteiger partial charge >= 0.3 is 0 Å². The Bertz CT molecular complexity index is 699. The molecule has 2 saturated heterocycles. The minimum absolute atomic E-state index is 0.177. The van der Waals surface area contributed by atoms with Gasteiger partial charge in [0.1, 0.15) is 0 Å². The van der Waals surface area contributed by atoms with Crippen LogP contribution >= 0.6 is 11.3 Å². The quantitative estimate of drug-likeness (QED) is 0.844. The van der Waals surface area contributed by atoms with Gasteiger partial charge in [-0.1, -0.05) is 12.1 Å². The largest absolute Gasteiger partial charge is 0.378 e. The second kappa shape index (κ2) is 7.23. The Labute approximate surface area is 152 Å². The van der Waals surface area contributed by atoms with Crippen LogP contribution < -0.4 is 0 Å². The summed E-state index contributed by atoms with van der Waals surface area (Å²) in [6, 6.07) is 8.75. The van der Waals surface area contributed by atoms with E-state index in [4.69, 9.17) is 4.74 Å². The maximum atomic E-state index is 12.5. The van der Waals surface area contributed by atoms with Crippen LogP contribution in [0.1, 0.15) is 34.1 Å². The number of rotatable bonds is 4. The van der Waals surface area contributed by atoms with E-state index in [0.717, 1.165) is 37.4 Å². The Morgan fingerprint density at radius 3 is 2.76 bits per heavy atom. The van der Waals surface area contributed by atoms with Crippen molar-refractivity contribution in [3.05, 3.63) is 52.5 Å². The van der Waals surface area contributed by atoms with Gasteiger partial charge in [-0.15, -0.1) is 11.3 Å². The predicted octanol–water partition coefficient (Wildman–Crippen LogP) is 2.82. The highest BCUT2D eigenvalue weighted by Gasteiger charge is 2.44. The number of methoxy groups -OCH3 is 1. The van der Waals surface area contributed by atoms with Gasteiger partial charge in [0.2, 0.25) is 0 Å². The molecule has 2 aliphatic heterocycles. The Hall–Kier alpha value is -1.76. The molecule has 0 saturated carbocycles. The fourth-order valence-electron chi connectivity index (χ4n) is 3.99. The first-order valence-electron chi connectivity index (χ1n) is 8.79. The average Bonchev–Trinajstić information content (AvgIpc) is 3.17. The van der Waals surface area contributed by atoms with Crippen molar-refractivity contribution in [2.45, 2.75) is 31.0 Å². The lowest BCUT2D eigenvalue weighted by molar-refractivity contribution is -0.115. The van der Waals surface area contributed by atoms with Gasteiger partial charge in [-0.25, -0.2) is 0 Å². The third-order valence-electron chi connectivity index (χ3n) is 5.38. The van der Waals surface area contributed by atoms with E-state index in [1.807, 2.05) is 40.9 Å². The molecule has 4 heterocycles. The molecule has 25 heavy (non-hydrogen) atoms. The van der Waals surface area contributed by atoms with Crippen LogP contribution in [0.3, 0.4) is 0 Å². The van der Waals surface area contributed by atoms with E-state index >= 15 is 0 Å². The molecule has 2 atom stereocenters. The molecule has 5 nitrogen and oxygen atoms in total. The fourth-order valence-corrected chi connectivity index (χ4v) is 4.68. The number of likely N-dealkylation sites (tertiary alicyclic amines) is 2. The van der Waals surface area contributed by atoms with Crippen molar-refractivity contribution in [2.24, 2.45) is 0 Å². The molecule has 2 fully saturated rings. The van der Waals surface area contributed by atoms with Crippen LogP contribution in [0.15, 0.2) is 42.0 Å². The van der Waals surface area contributed by atoms with Crippen molar-refractivity contribution >= 4 is 17.2 Å². The van der Waals surface area contributed by atoms with Gasteiger partial charge in [0.25, 0.3) is 5.91 Å². The smallest absolute Gasteiger partial charge is 0.263 e. The molecule has 0 N–H and O–H groups in total. The molecule has 4 rings (SSSR count). The zero-order valence-corrected chi connectivity index (χ0v) is 15.2. The molecule has 0 bridgehead atoms. The van der Waals surface area contributed by atoms with Crippen molar-refractivity contribution in [3.63, 3.8) is 0 Å². The number of hydrogen-bond acceptors (Lipinski definition) is 5. The Balaban J connectivity index is 1.40. The van der Waals surface area contributed by atoms with E-state index in [-0.39, 0.29) is 18.1 Å². The summed E-state index contributed by atoms with van der Waals surface area (Å²) in [4.78, 5) is 22.1. The molecular weight excluding hydrogens is 334 g/mol. The molecule has 2 aromatic heterocycles. The standard InChI is InChI=1S/C19H23N3O2S/c1-24-16-13-22(18(16)14-4-2-8-20-12-14)15-6-9-21(10-7-15)19(23)17-5-3-11-25-17/h2-5,8,11-12,15-16,18H,6-7,9-10,13H2,1H3/t16-,18-/m0/s1. The zero-order chi connectivity index (χ0) is 17.2. The summed E-state index contributed by atoms with van der Waals surface area (Å²) in [5.41, 5.74) is 1.22. The van der Waals surface area contributed by atoms with Crippen LogP contribution in [0.2, 0.25) is 0 Å². The van der Waals surface area contributed by atoms with Crippen molar-refractivity contribution in [1.82, 2.24) is 14.8 Å². The molecule has 2 aromatic rings. The topological polar surface area (TPSA) is 45.7 Å². The second-order valence-electron chi connectivity index (χ2n) is 6.70. The lowest BCUT2D eigenvalue weighted by atomic mass is 9.87. The average molecular weight is 357 g/mol. The van der Waals surface area contributed by atoms with E-state index in [0.29, 0.717) is 6.04 Å². The molecule has 132 valence electrons. The van der Waals surface area contributed by atoms with Crippen LogP contribution in [0, 0.1) is 0 Å². The number of aromatic nitrogens is 1. The van der Waals surface area contributed by atoms with Crippen molar-refractivity contribution < 1.29 is 9.53 Å². The van der Waals surface area contributed by atoms with Crippen LogP contribution in [-0.4, -0.2) is 59.6 Å². The SMILES string of the molecule is CO[C@H]1CN(C2CCN(C(=O)c3cccs3)CC2)[C@H]1c1cccnc1. The summed E-state index contributed by atoms with van der Waals surface area (Å²) in [5, 5.41) is 1.96. The van der Waals surface area contributed by atoms with Crippen LogP contribution in [-0.2, 0) is 4.74 Å². The third-order valence-corrected chi connectivity index (χ3v) is 6.24. The Morgan fingerprint density at radius 2 is 2.12 bits per heavy atom. The normalized spacial score (nSPS) is 24.9. The molecule has 2 aliphatic rings. The van der Waals surface area contributed by atoms with Gasteiger partial charge in [-0.3, -0.25) is 14.7 Å². The highest BCUT2D eigenvalue weighted by atomic mass is 32.1. The summed E-state index contributed by atoms with van der Waals surface area (Å²) in [6.45, 7) is 2.62. The second-order valence-corrected chi connectivity index (χ2v) is 7.65.